The topological polar surface area (TPSA) is 91.8 Å². The van der Waals surface area contributed by atoms with Crippen LogP contribution in [-0.2, 0) is 13.0 Å². The van der Waals surface area contributed by atoms with Gasteiger partial charge in [-0.3, -0.25) is 4.90 Å². The van der Waals surface area contributed by atoms with Gasteiger partial charge in [0.1, 0.15) is 23.2 Å². The monoisotopic (exact) mass is 492 g/mol. The van der Waals surface area contributed by atoms with Gasteiger partial charge in [-0.05, 0) is 55.2 Å². The number of hydrogen-bond acceptors (Lipinski definition) is 8. The summed E-state index contributed by atoms with van der Waals surface area (Å²) in [6, 6.07) is 19.7. The molecule has 6 rings (SSSR count). The summed E-state index contributed by atoms with van der Waals surface area (Å²) in [5, 5.41) is 7.05. The Hall–Kier alpha value is -3.75. The second-order valence-electron chi connectivity index (χ2n) is 10.1. The van der Waals surface area contributed by atoms with Crippen LogP contribution in [0.4, 0.5) is 11.6 Å². The van der Waals surface area contributed by atoms with E-state index in [4.69, 9.17) is 4.98 Å². The highest BCUT2D eigenvalue weighted by Crippen LogP contribution is 2.22. The average Bonchev–Trinajstić information content (AvgIpc) is 2.90. The fourth-order valence-electron chi connectivity index (χ4n) is 5.33. The summed E-state index contributed by atoms with van der Waals surface area (Å²) >= 11 is 0. The van der Waals surface area contributed by atoms with Crippen LogP contribution in [0.2, 0.25) is 0 Å². The summed E-state index contributed by atoms with van der Waals surface area (Å²) in [5.41, 5.74) is 4.24. The van der Waals surface area contributed by atoms with Crippen molar-refractivity contribution in [1.82, 2.24) is 35.1 Å². The number of rotatable bonds is 7. The highest BCUT2D eigenvalue weighted by Gasteiger charge is 2.29. The van der Waals surface area contributed by atoms with E-state index in [-0.39, 0.29) is 0 Å². The number of nitrogens with zero attached hydrogens (tertiary/aromatic N) is 6. The number of likely N-dealkylation sites (tertiary alicyclic amines) is 1. The summed E-state index contributed by atoms with van der Waals surface area (Å²) in [6.45, 7) is 5.28. The van der Waals surface area contributed by atoms with Gasteiger partial charge in [0.15, 0.2) is 5.82 Å². The number of pyridine rings is 1. The van der Waals surface area contributed by atoms with Gasteiger partial charge in [-0.2, -0.15) is 0 Å². The van der Waals surface area contributed by atoms with Gasteiger partial charge in [0.05, 0.1) is 0 Å². The van der Waals surface area contributed by atoms with E-state index < -0.39 is 0 Å². The molecule has 0 radical (unpaired) electrons. The SMILES string of the molecule is Cc1cccc(-c2nccc(Nc3ccnc(Cc4ccc(CN5CC6CCCC(C5)N6)cc4)n3)n2)n1. The number of piperazine rings is 1. The van der Waals surface area contributed by atoms with Crippen LogP contribution in [0.15, 0.2) is 67.0 Å². The molecule has 2 aliphatic heterocycles. The van der Waals surface area contributed by atoms with E-state index in [0.29, 0.717) is 36.0 Å². The van der Waals surface area contributed by atoms with Crippen LogP contribution in [0.25, 0.3) is 11.5 Å². The fourth-order valence-corrected chi connectivity index (χ4v) is 5.33. The zero-order chi connectivity index (χ0) is 25.0. The molecule has 2 aliphatic rings. The molecule has 8 nitrogen and oxygen atoms in total. The lowest BCUT2D eigenvalue weighted by atomic mass is 9.94. The molecule has 2 fully saturated rings. The molecule has 37 heavy (non-hydrogen) atoms. The van der Waals surface area contributed by atoms with Gasteiger partial charge in [-0.25, -0.2) is 24.9 Å². The zero-order valence-corrected chi connectivity index (χ0v) is 21.1. The molecule has 1 aromatic carbocycles. The van der Waals surface area contributed by atoms with Crippen molar-refractivity contribution in [2.45, 2.75) is 51.2 Å². The predicted molar refractivity (Wildman–Crippen MR) is 144 cm³/mol. The highest BCUT2D eigenvalue weighted by molar-refractivity contribution is 5.56. The number of aromatic nitrogens is 5. The smallest absolute Gasteiger partial charge is 0.180 e. The Morgan fingerprint density at radius 3 is 2.35 bits per heavy atom. The lowest BCUT2D eigenvalue weighted by Gasteiger charge is -2.42. The minimum atomic E-state index is 0.576. The maximum absolute atomic E-state index is 4.71. The van der Waals surface area contributed by atoms with Crippen molar-refractivity contribution in [3.8, 4) is 11.5 Å². The Bertz CT molecular complexity index is 1340. The van der Waals surface area contributed by atoms with Gasteiger partial charge >= 0.3 is 0 Å². The Balaban J connectivity index is 1.09. The number of hydrogen-bond donors (Lipinski definition) is 2. The zero-order valence-electron chi connectivity index (χ0n) is 21.1. The summed E-state index contributed by atoms with van der Waals surface area (Å²) in [4.78, 5) is 25.3. The Morgan fingerprint density at radius 1 is 0.838 bits per heavy atom. The average molecular weight is 493 g/mol. The lowest BCUT2D eigenvalue weighted by molar-refractivity contribution is 0.119. The quantitative estimate of drug-likeness (QED) is 0.395. The Kier molecular flexibility index (Phi) is 6.84. The number of nitrogens with one attached hydrogen (secondary N) is 2. The van der Waals surface area contributed by atoms with Crippen molar-refractivity contribution in [3.63, 3.8) is 0 Å². The van der Waals surface area contributed by atoms with Crippen molar-refractivity contribution >= 4 is 11.6 Å². The van der Waals surface area contributed by atoms with E-state index in [9.17, 15) is 0 Å². The molecule has 0 amide bonds. The van der Waals surface area contributed by atoms with Gasteiger partial charge in [-0.1, -0.05) is 36.8 Å². The number of piperidine rings is 1. The van der Waals surface area contributed by atoms with Crippen LogP contribution in [0.5, 0.6) is 0 Å². The molecule has 2 bridgehead atoms. The number of anilines is 2. The summed E-state index contributed by atoms with van der Waals surface area (Å²) in [6.07, 6.45) is 8.17. The summed E-state index contributed by atoms with van der Waals surface area (Å²) < 4.78 is 0. The van der Waals surface area contributed by atoms with Gasteiger partial charge in [-0.15, -0.1) is 0 Å². The molecule has 2 atom stereocenters. The minimum Gasteiger partial charge on any atom is -0.325 e. The van der Waals surface area contributed by atoms with Crippen molar-refractivity contribution in [2.24, 2.45) is 0 Å². The fraction of sp³-hybridized carbons (Fsp3) is 0.345. The van der Waals surface area contributed by atoms with Crippen LogP contribution >= 0.6 is 0 Å². The summed E-state index contributed by atoms with van der Waals surface area (Å²) in [5.74, 6) is 2.71. The molecule has 4 aromatic rings. The first-order valence-electron chi connectivity index (χ1n) is 13.1. The van der Waals surface area contributed by atoms with E-state index in [1.807, 2.05) is 37.3 Å². The van der Waals surface area contributed by atoms with Gasteiger partial charge in [0.2, 0.25) is 0 Å². The maximum Gasteiger partial charge on any atom is 0.180 e. The third kappa shape index (κ3) is 5.98. The second kappa shape index (κ2) is 10.7. The molecule has 5 heterocycles. The van der Waals surface area contributed by atoms with Crippen molar-refractivity contribution in [3.05, 3.63) is 89.6 Å². The van der Waals surface area contributed by atoms with Crippen LogP contribution < -0.4 is 10.6 Å². The molecule has 188 valence electrons. The molecule has 3 aromatic heterocycles. The first-order valence-corrected chi connectivity index (χ1v) is 13.1. The van der Waals surface area contributed by atoms with Crippen molar-refractivity contribution < 1.29 is 0 Å². The molecule has 0 spiro atoms. The summed E-state index contributed by atoms with van der Waals surface area (Å²) in [7, 11) is 0. The van der Waals surface area contributed by atoms with E-state index in [1.54, 1.807) is 12.4 Å². The molecular formula is C29H32N8. The standard InChI is InChI=1S/C29H32N8/c1-20-4-2-7-25(32-20)29-31-15-13-27(36-29)34-26-12-14-30-28(35-26)16-21-8-10-22(11-9-21)17-37-18-23-5-3-6-24(19-37)33-23/h2,4,7-15,23-24,33H,3,5-6,16-19H2,1H3,(H,30,31,34,35,36). The van der Waals surface area contributed by atoms with Crippen LogP contribution in [0.3, 0.4) is 0 Å². The maximum atomic E-state index is 4.71. The molecule has 2 unspecified atom stereocenters. The largest absolute Gasteiger partial charge is 0.325 e. The molecule has 0 aliphatic carbocycles. The van der Waals surface area contributed by atoms with Crippen LogP contribution in [0, 0.1) is 6.92 Å². The van der Waals surface area contributed by atoms with E-state index in [2.05, 4.69) is 59.7 Å². The normalized spacial score (nSPS) is 19.5. The molecule has 2 saturated heterocycles. The Morgan fingerprint density at radius 2 is 1.57 bits per heavy atom. The van der Waals surface area contributed by atoms with Gasteiger partial charge in [0.25, 0.3) is 0 Å². The number of fused-ring (bicyclic) bond motifs is 2. The van der Waals surface area contributed by atoms with E-state index >= 15 is 0 Å². The molecule has 2 N–H and O–H groups in total. The predicted octanol–water partition coefficient (Wildman–Crippen LogP) is 4.30. The Labute approximate surface area is 217 Å². The number of benzene rings is 1. The minimum absolute atomic E-state index is 0.576. The third-order valence-electron chi connectivity index (χ3n) is 7.06. The van der Waals surface area contributed by atoms with Crippen LogP contribution in [-0.4, -0.2) is 55.0 Å². The highest BCUT2D eigenvalue weighted by atomic mass is 15.2. The number of aryl methyl sites for hydroxylation is 1. The van der Waals surface area contributed by atoms with Crippen LogP contribution in [0.1, 0.15) is 41.9 Å². The second-order valence-corrected chi connectivity index (χ2v) is 10.1. The molecule has 8 heteroatoms. The first-order chi connectivity index (χ1) is 18.2. The van der Waals surface area contributed by atoms with Gasteiger partial charge < -0.3 is 10.6 Å². The van der Waals surface area contributed by atoms with Crippen molar-refractivity contribution in [1.29, 1.82) is 0 Å². The molecule has 0 saturated carbocycles. The van der Waals surface area contributed by atoms with E-state index in [1.165, 1.54) is 30.4 Å². The van der Waals surface area contributed by atoms with Gasteiger partial charge in [0, 0.05) is 56.2 Å². The lowest BCUT2D eigenvalue weighted by Crippen LogP contribution is -2.58. The van der Waals surface area contributed by atoms with Crippen molar-refractivity contribution in [2.75, 3.05) is 18.4 Å². The van der Waals surface area contributed by atoms with E-state index in [0.717, 1.165) is 36.8 Å². The first kappa shape index (κ1) is 23.6. The molecular weight excluding hydrogens is 460 g/mol. The third-order valence-corrected chi connectivity index (χ3v) is 7.06.